The molecule has 21 heavy (non-hydrogen) atoms. The molecule has 0 heterocycles. The van der Waals surface area contributed by atoms with Gasteiger partial charge in [-0.25, -0.2) is 0 Å². The first-order valence-electron chi connectivity index (χ1n) is 6.76. The summed E-state index contributed by atoms with van der Waals surface area (Å²) in [5.74, 6) is 0. The van der Waals surface area contributed by atoms with Crippen LogP contribution in [0.1, 0.15) is 24.5 Å². The highest BCUT2D eigenvalue weighted by atomic mass is 79.9. The lowest BCUT2D eigenvalue weighted by Crippen LogP contribution is -2.37. The molecule has 4 heteroatoms. The molecule has 0 saturated heterocycles. The van der Waals surface area contributed by atoms with Crippen molar-refractivity contribution in [3.8, 4) is 0 Å². The van der Waals surface area contributed by atoms with Crippen molar-refractivity contribution in [3.05, 3.63) is 69.7 Å². The van der Waals surface area contributed by atoms with Crippen molar-refractivity contribution < 1.29 is 5.11 Å². The predicted molar refractivity (Wildman–Crippen MR) is 91.3 cm³/mol. The molecule has 0 bridgehead atoms. The van der Waals surface area contributed by atoms with E-state index >= 15 is 0 Å². The van der Waals surface area contributed by atoms with Crippen LogP contribution in [0, 0.1) is 5.41 Å². The van der Waals surface area contributed by atoms with Crippen LogP contribution in [0.4, 0.5) is 0 Å². The molecule has 2 aromatic rings. The van der Waals surface area contributed by atoms with Crippen molar-refractivity contribution >= 4 is 39.1 Å². The molecular formula is C17H15BrCl2O. The van der Waals surface area contributed by atoms with Crippen LogP contribution in [0.15, 0.2) is 48.5 Å². The van der Waals surface area contributed by atoms with Crippen LogP contribution in [0.5, 0.6) is 0 Å². The van der Waals surface area contributed by atoms with Gasteiger partial charge in [0.2, 0.25) is 0 Å². The van der Waals surface area contributed by atoms with E-state index in [9.17, 15) is 5.11 Å². The zero-order valence-corrected chi connectivity index (χ0v) is 14.6. The average molecular weight is 386 g/mol. The molecule has 110 valence electrons. The van der Waals surface area contributed by atoms with Gasteiger partial charge in [0.1, 0.15) is 5.60 Å². The number of benzene rings is 2. The van der Waals surface area contributed by atoms with Crippen LogP contribution in [0.2, 0.25) is 10.0 Å². The molecule has 0 radical (unpaired) electrons. The second-order valence-corrected chi connectivity index (χ2v) is 7.79. The van der Waals surface area contributed by atoms with Gasteiger partial charge in [0.15, 0.2) is 0 Å². The normalized spacial score (nSPS) is 24.9. The second-order valence-electron chi connectivity index (χ2n) is 5.81. The van der Waals surface area contributed by atoms with Gasteiger partial charge in [0.25, 0.3) is 0 Å². The first-order valence-corrected chi connectivity index (χ1v) is 8.43. The summed E-state index contributed by atoms with van der Waals surface area (Å²) in [6, 6.07) is 14.8. The number of hydrogen-bond acceptors (Lipinski definition) is 1. The summed E-state index contributed by atoms with van der Waals surface area (Å²) in [4.78, 5) is 0.279. The van der Waals surface area contributed by atoms with Crippen molar-refractivity contribution in [2.24, 2.45) is 5.41 Å². The third-order valence-electron chi connectivity index (χ3n) is 4.48. The Morgan fingerprint density at radius 3 is 1.62 bits per heavy atom. The Morgan fingerprint density at radius 2 is 1.33 bits per heavy atom. The van der Waals surface area contributed by atoms with Crippen LogP contribution in [-0.2, 0) is 5.60 Å². The zero-order chi connectivity index (χ0) is 15.3. The van der Waals surface area contributed by atoms with E-state index < -0.39 is 5.60 Å². The Morgan fingerprint density at radius 1 is 1.00 bits per heavy atom. The second kappa shape index (κ2) is 5.27. The largest absolute Gasteiger partial charge is 0.380 e. The van der Waals surface area contributed by atoms with Crippen LogP contribution in [0.3, 0.4) is 0 Å². The fourth-order valence-electron chi connectivity index (χ4n) is 2.90. The van der Waals surface area contributed by atoms with Crippen molar-refractivity contribution in [1.82, 2.24) is 0 Å². The lowest BCUT2D eigenvalue weighted by molar-refractivity contribution is 0.0110. The van der Waals surface area contributed by atoms with Gasteiger partial charge in [-0.1, -0.05) is 70.3 Å². The van der Waals surface area contributed by atoms with Gasteiger partial charge in [-0.15, -0.1) is 0 Å². The minimum Gasteiger partial charge on any atom is -0.380 e. The molecule has 1 N–H and O–H groups in total. The molecule has 1 saturated carbocycles. The number of alkyl halides is 1. The Labute approximate surface area is 143 Å². The molecule has 1 fully saturated rings. The first-order chi connectivity index (χ1) is 9.88. The topological polar surface area (TPSA) is 20.2 Å². The fourth-order valence-corrected chi connectivity index (χ4v) is 4.15. The fraction of sp³-hybridized carbons (Fsp3) is 0.294. The summed E-state index contributed by atoms with van der Waals surface area (Å²) in [7, 11) is 0. The van der Waals surface area contributed by atoms with Crippen molar-refractivity contribution in [2.75, 3.05) is 0 Å². The van der Waals surface area contributed by atoms with E-state index in [0.717, 1.165) is 17.5 Å². The molecule has 1 aliphatic rings. The van der Waals surface area contributed by atoms with E-state index in [-0.39, 0.29) is 10.2 Å². The van der Waals surface area contributed by atoms with E-state index in [4.69, 9.17) is 23.2 Å². The Hall–Kier alpha value is -0.540. The highest BCUT2D eigenvalue weighted by Crippen LogP contribution is 2.63. The minimum absolute atomic E-state index is 0.255. The van der Waals surface area contributed by atoms with Crippen LogP contribution in [-0.4, -0.2) is 9.93 Å². The summed E-state index contributed by atoms with van der Waals surface area (Å²) >= 11 is 15.6. The average Bonchev–Trinajstić information content (AvgIpc) is 3.09. The molecular weight excluding hydrogens is 371 g/mol. The lowest BCUT2D eigenvalue weighted by Gasteiger charge is -2.36. The maximum absolute atomic E-state index is 11.6. The van der Waals surface area contributed by atoms with Gasteiger partial charge in [-0.2, -0.15) is 0 Å². The molecule has 2 aromatic carbocycles. The van der Waals surface area contributed by atoms with Gasteiger partial charge < -0.3 is 5.11 Å². The summed E-state index contributed by atoms with van der Waals surface area (Å²) in [6.45, 7) is 2.09. The first kappa shape index (κ1) is 15.4. The smallest absolute Gasteiger partial charge is 0.121 e. The third kappa shape index (κ3) is 2.43. The summed E-state index contributed by atoms with van der Waals surface area (Å²) in [5, 5.41) is 12.9. The summed E-state index contributed by atoms with van der Waals surface area (Å²) in [5.41, 5.74) is 0.364. The maximum Gasteiger partial charge on any atom is 0.121 e. The van der Waals surface area contributed by atoms with Crippen molar-refractivity contribution in [2.45, 2.75) is 23.8 Å². The van der Waals surface area contributed by atoms with Gasteiger partial charge in [0, 0.05) is 20.3 Å². The van der Waals surface area contributed by atoms with Gasteiger partial charge >= 0.3 is 0 Å². The number of aliphatic hydroxyl groups is 1. The van der Waals surface area contributed by atoms with Crippen molar-refractivity contribution in [1.29, 1.82) is 0 Å². The van der Waals surface area contributed by atoms with Crippen molar-refractivity contribution in [3.63, 3.8) is 0 Å². The van der Waals surface area contributed by atoms with Crippen LogP contribution in [0.25, 0.3) is 0 Å². The van der Waals surface area contributed by atoms with Gasteiger partial charge in [0.05, 0.1) is 0 Å². The van der Waals surface area contributed by atoms with Gasteiger partial charge in [-0.3, -0.25) is 0 Å². The van der Waals surface area contributed by atoms with E-state index in [2.05, 4.69) is 22.9 Å². The van der Waals surface area contributed by atoms with E-state index in [1.54, 1.807) is 0 Å². The SMILES string of the molecule is C[C@@]1(C(O)(c2ccc(Cl)cc2)c2ccc(Cl)cc2)C[C@@H]1Br. The van der Waals surface area contributed by atoms with E-state index in [0.29, 0.717) is 10.0 Å². The molecule has 3 rings (SSSR count). The Bertz CT molecular complexity index is 608. The number of hydrogen-bond donors (Lipinski definition) is 1. The minimum atomic E-state index is -1.07. The molecule has 0 amide bonds. The predicted octanol–water partition coefficient (Wildman–Crippen LogP) is 5.40. The molecule has 0 spiro atoms. The highest BCUT2D eigenvalue weighted by molar-refractivity contribution is 9.09. The Kier molecular flexibility index (Phi) is 3.86. The maximum atomic E-state index is 11.6. The third-order valence-corrected chi connectivity index (χ3v) is 6.32. The summed E-state index contributed by atoms with van der Waals surface area (Å²) in [6.07, 6.45) is 0.911. The molecule has 0 aromatic heterocycles. The van der Waals surface area contributed by atoms with Gasteiger partial charge in [-0.05, 0) is 41.8 Å². The molecule has 1 nitrogen and oxygen atoms in total. The molecule has 0 unspecified atom stereocenters. The molecule has 2 atom stereocenters. The van der Waals surface area contributed by atoms with Crippen LogP contribution >= 0.6 is 39.1 Å². The highest BCUT2D eigenvalue weighted by Gasteiger charge is 2.63. The lowest BCUT2D eigenvalue weighted by atomic mass is 9.74. The molecule has 1 aliphatic carbocycles. The zero-order valence-electron chi connectivity index (χ0n) is 11.5. The number of halogens is 3. The standard InChI is InChI=1S/C17H15BrCl2O/c1-16(10-15(16)18)17(21,11-2-6-13(19)7-3-11)12-4-8-14(20)9-5-12/h2-9,15,21H,10H2,1H3/t15-,16+/m0/s1. The van der Waals surface area contributed by atoms with E-state index in [1.165, 1.54) is 0 Å². The molecule has 0 aliphatic heterocycles. The van der Waals surface area contributed by atoms with Crippen LogP contribution < -0.4 is 0 Å². The summed E-state index contributed by atoms with van der Waals surface area (Å²) < 4.78 is 0. The quantitative estimate of drug-likeness (QED) is 0.701. The Balaban J connectivity index is 2.16. The van der Waals surface area contributed by atoms with E-state index in [1.807, 2.05) is 48.5 Å². The monoisotopic (exact) mass is 384 g/mol. The number of rotatable bonds is 3.